The highest BCUT2D eigenvalue weighted by atomic mass is 79.9. The summed E-state index contributed by atoms with van der Waals surface area (Å²) in [5.41, 5.74) is 7.52. The zero-order chi connectivity index (χ0) is 11.7. The fourth-order valence-electron chi connectivity index (χ4n) is 1.46. The van der Waals surface area contributed by atoms with Gasteiger partial charge < -0.3 is 5.73 Å². The van der Waals surface area contributed by atoms with Crippen molar-refractivity contribution in [1.82, 2.24) is 4.37 Å². The van der Waals surface area contributed by atoms with E-state index in [1.54, 1.807) is 6.92 Å². The molecule has 0 unspecified atom stereocenters. The van der Waals surface area contributed by atoms with Crippen molar-refractivity contribution >= 4 is 33.4 Å². The molecule has 0 radical (unpaired) electrons. The van der Waals surface area contributed by atoms with Crippen LogP contribution in [-0.2, 0) is 0 Å². The van der Waals surface area contributed by atoms with Gasteiger partial charge in [-0.05, 0) is 36.2 Å². The van der Waals surface area contributed by atoms with Gasteiger partial charge in [-0.1, -0.05) is 28.1 Å². The fourth-order valence-corrected chi connectivity index (χ4v) is 2.62. The first-order chi connectivity index (χ1) is 7.59. The van der Waals surface area contributed by atoms with Crippen LogP contribution >= 0.6 is 27.5 Å². The van der Waals surface area contributed by atoms with Crippen LogP contribution < -0.4 is 5.73 Å². The number of nitrogens with two attached hydrogens (primary N) is 1. The van der Waals surface area contributed by atoms with Gasteiger partial charge in [-0.25, -0.2) is 0 Å². The largest absolute Gasteiger partial charge is 0.365 e. The Kier molecular flexibility index (Phi) is 3.07. The van der Waals surface area contributed by atoms with E-state index in [-0.39, 0.29) is 0 Å². The molecule has 0 aliphatic rings. The third-order valence-corrected chi connectivity index (χ3v) is 3.73. The van der Waals surface area contributed by atoms with Gasteiger partial charge in [0, 0.05) is 4.47 Å². The molecule has 1 heterocycles. The molecule has 1 aromatic heterocycles. The van der Waals surface area contributed by atoms with Crippen molar-refractivity contribution in [1.29, 1.82) is 0 Å². The maximum atomic E-state index is 11.3. The summed E-state index contributed by atoms with van der Waals surface area (Å²) in [7, 11) is 0. The Hall–Kier alpha value is -1.20. The molecule has 1 aromatic carbocycles. The highest BCUT2D eigenvalue weighted by molar-refractivity contribution is 9.10. The first-order valence-corrected chi connectivity index (χ1v) is 6.18. The van der Waals surface area contributed by atoms with Crippen LogP contribution in [0, 0.1) is 6.92 Å². The van der Waals surface area contributed by atoms with Gasteiger partial charge in [-0.2, -0.15) is 4.37 Å². The lowest BCUT2D eigenvalue weighted by molar-refractivity contribution is 0.100. The number of aromatic nitrogens is 1. The van der Waals surface area contributed by atoms with Crippen molar-refractivity contribution in [3.05, 3.63) is 40.0 Å². The number of carbonyl (C=O) groups excluding carboxylic acids is 1. The van der Waals surface area contributed by atoms with E-state index in [2.05, 4.69) is 20.3 Å². The first kappa shape index (κ1) is 11.3. The maximum Gasteiger partial charge on any atom is 0.252 e. The SMILES string of the molecule is Cc1nsc(-c2ccc(Br)cc2)c1C(N)=O. The number of primary amides is 1. The number of hydrogen-bond donors (Lipinski definition) is 1. The number of hydrogen-bond acceptors (Lipinski definition) is 3. The fraction of sp³-hybridized carbons (Fsp3) is 0.0909. The summed E-state index contributed by atoms with van der Waals surface area (Å²) >= 11 is 4.66. The summed E-state index contributed by atoms with van der Waals surface area (Å²) in [5.74, 6) is -0.427. The normalized spacial score (nSPS) is 10.4. The lowest BCUT2D eigenvalue weighted by atomic mass is 10.1. The summed E-state index contributed by atoms with van der Waals surface area (Å²) < 4.78 is 5.16. The van der Waals surface area contributed by atoms with E-state index in [0.717, 1.165) is 14.9 Å². The Labute approximate surface area is 106 Å². The minimum atomic E-state index is -0.427. The van der Waals surface area contributed by atoms with Crippen molar-refractivity contribution in [3.8, 4) is 10.4 Å². The number of amides is 1. The van der Waals surface area contributed by atoms with Crippen LogP contribution in [0.2, 0.25) is 0 Å². The van der Waals surface area contributed by atoms with Gasteiger partial charge in [-0.3, -0.25) is 4.79 Å². The van der Waals surface area contributed by atoms with Crippen molar-refractivity contribution in [2.75, 3.05) is 0 Å². The van der Waals surface area contributed by atoms with Crippen LogP contribution in [-0.4, -0.2) is 10.3 Å². The van der Waals surface area contributed by atoms with E-state index >= 15 is 0 Å². The summed E-state index contributed by atoms with van der Waals surface area (Å²) in [6, 6.07) is 7.72. The van der Waals surface area contributed by atoms with Crippen molar-refractivity contribution < 1.29 is 4.79 Å². The molecule has 0 aliphatic carbocycles. The number of rotatable bonds is 2. The average Bonchev–Trinajstić information content (AvgIpc) is 2.61. The van der Waals surface area contributed by atoms with Gasteiger partial charge >= 0.3 is 0 Å². The van der Waals surface area contributed by atoms with Crippen LogP contribution in [0.25, 0.3) is 10.4 Å². The standard InChI is InChI=1S/C11H9BrN2OS/c1-6-9(11(13)15)10(16-14-6)7-2-4-8(12)5-3-7/h2-5H,1H3,(H2,13,15). The molecule has 0 spiro atoms. The molecule has 0 saturated carbocycles. The number of aryl methyl sites for hydroxylation is 1. The van der Waals surface area contributed by atoms with Crippen LogP contribution in [0.4, 0.5) is 0 Å². The smallest absolute Gasteiger partial charge is 0.252 e. The molecule has 0 aliphatic heterocycles. The number of halogens is 1. The second kappa shape index (κ2) is 4.35. The van der Waals surface area contributed by atoms with Crippen LogP contribution in [0.5, 0.6) is 0 Å². The average molecular weight is 297 g/mol. The van der Waals surface area contributed by atoms with Gasteiger partial charge in [0.25, 0.3) is 5.91 Å². The van der Waals surface area contributed by atoms with Gasteiger partial charge in [0.15, 0.2) is 0 Å². The summed E-state index contributed by atoms with van der Waals surface area (Å²) in [5, 5.41) is 0. The molecule has 82 valence electrons. The number of benzene rings is 1. The van der Waals surface area contributed by atoms with E-state index < -0.39 is 5.91 Å². The summed E-state index contributed by atoms with van der Waals surface area (Å²) in [6.07, 6.45) is 0. The van der Waals surface area contributed by atoms with Crippen molar-refractivity contribution in [2.45, 2.75) is 6.92 Å². The molecule has 1 amide bonds. The maximum absolute atomic E-state index is 11.3. The van der Waals surface area contributed by atoms with Crippen molar-refractivity contribution in [2.24, 2.45) is 5.73 Å². The molecule has 2 aromatic rings. The summed E-state index contributed by atoms with van der Waals surface area (Å²) in [6.45, 7) is 1.79. The van der Waals surface area contributed by atoms with E-state index in [1.165, 1.54) is 11.5 Å². The molecular formula is C11H9BrN2OS. The molecule has 0 atom stereocenters. The summed E-state index contributed by atoms with van der Waals surface area (Å²) in [4.78, 5) is 12.2. The third kappa shape index (κ3) is 2.01. The number of nitrogens with zero attached hydrogens (tertiary/aromatic N) is 1. The second-order valence-electron chi connectivity index (χ2n) is 3.34. The number of carbonyl (C=O) groups is 1. The molecule has 16 heavy (non-hydrogen) atoms. The first-order valence-electron chi connectivity index (χ1n) is 4.61. The molecule has 2 rings (SSSR count). The van der Waals surface area contributed by atoms with Gasteiger partial charge in [0.1, 0.15) is 0 Å². The van der Waals surface area contributed by atoms with E-state index in [0.29, 0.717) is 11.3 Å². The molecule has 0 bridgehead atoms. The van der Waals surface area contributed by atoms with Gasteiger partial charge in [0.2, 0.25) is 0 Å². The van der Waals surface area contributed by atoms with E-state index in [1.807, 2.05) is 24.3 Å². The van der Waals surface area contributed by atoms with Gasteiger partial charge in [0.05, 0.1) is 16.1 Å². The molecular weight excluding hydrogens is 288 g/mol. The Bertz CT molecular complexity index is 533. The van der Waals surface area contributed by atoms with Gasteiger partial charge in [-0.15, -0.1) is 0 Å². The lowest BCUT2D eigenvalue weighted by Crippen LogP contribution is -2.12. The van der Waals surface area contributed by atoms with Crippen LogP contribution in [0.15, 0.2) is 28.7 Å². The van der Waals surface area contributed by atoms with E-state index in [9.17, 15) is 4.79 Å². The zero-order valence-corrected chi connectivity index (χ0v) is 10.9. The molecule has 5 heteroatoms. The molecule has 0 fully saturated rings. The Morgan fingerprint density at radius 1 is 1.38 bits per heavy atom. The predicted octanol–water partition coefficient (Wildman–Crippen LogP) is 2.98. The monoisotopic (exact) mass is 296 g/mol. The van der Waals surface area contributed by atoms with E-state index in [4.69, 9.17) is 5.73 Å². The Balaban J connectivity index is 2.56. The molecule has 2 N–H and O–H groups in total. The lowest BCUT2D eigenvalue weighted by Gasteiger charge is -2.00. The molecule has 0 saturated heterocycles. The Morgan fingerprint density at radius 2 is 2.00 bits per heavy atom. The minimum Gasteiger partial charge on any atom is -0.365 e. The third-order valence-electron chi connectivity index (χ3n) is 2.22. The minimum absolute atomic E-state index is 0.427. The quantitative estimate of drug-likeness (QED) is 0.926. The topological polar surface area (TPSA) is 56.0 Å². The highest BCUT2D eigenvalue weighted by Gasteiger charge is 2.16. The van der Waals surface area contributed by atoms with Crippen molar-refractivity contribution in [3.63, 3.8) is 0 Å². The zero-order valence-electron chi connectivity index (χ0n) is 8.53. The molecule has 3 nitrogen and oxygen atoms in total. The second-order valence-corrected chi connectivity index (χ2v) is 5.03. The predicted molar refractivity (Wildman–Crippen MR) is 68.5 cm³/mol. The highest BCUT2D eigenvalue weighted by Crippen LogP contribution is 2.30. The van der Waals surface area contributed by atoms with Crippen LogP contribution in [0.1, 0.15) is 16.1 Å². The Morgan fingerprint density at radius 3 is 2.56 bits per heavy atom. The van der Waals surface area contributed by atoms with Crippen LogP contribution in [0.3, 0.4) is 0 Å².